The van der Waals surface area contributed by atoms with Crippen LogP contribution in [-0.4, -0.2) is 37.6 Å². The molecule has 1 saturated heterocycles. The Morgan fingerprint density at radius 3 is 2.53 bits per heavy atom. The van der Waals surface area contributed by atoms with Crippen molar-refractivity contribution in [3.05, 3.63) is 34.9 Å². The van der Waals surface area contributed by atoms with Crippen molar-refractivity contribution in [1.82, 2.24) is 10.2 Å². The highest BCUT2D eigenvalue weighted by atomic mass is 35.5. The molecule has 0 spiro atoms. The zero-order valence-corrected chi connectivity index (χ0v) is 10.8. The summed E-state index contributed by atoms with van der Waals surface area (Å²) < 4.78 is 0. The van der Waals surface area contributed by atoms with Gasteiger partial charge in [0.1, 0.15) is 0 Å². The molecule has 1 fully saturated rings. The number of rotatable bonds is 4. The number of benzene rings is 1. The standard InChI is InChI=1S/C13H20ClN3/c14-12-3-1-11(2-4-12)13(15)5-8-17-9-6-16-7-10-17/h1-4,13,16H,5-10,15H2. The third-order valence-electron chi connectivity index (χ3n) is 3.26. The quantitative estimate of drug-likeness (QED) is 0.857. The minimum Gasteiger partial charge on any atom is -0.324 e. The molecule has 0 bridgehead atoms. The largest absolute Gasteiger partial charge is 0.324 e. The van der Waals surface area contributed by atoms with Gasteiger partial charge in [0.05, 0.1) is 0 Å². The van der Waals surface area contributed by atoms with Gasteiger partial charge in [-0.15, -0.1) is 0 Å². The molecule has 3 nitrogen and oxygen atoms in total. The van der Waals surface area contributed by atoms with Crippen LogP contribution in [0.25, 0.3) is 0 Å². The second-order valence-electron chi connectivity index (χ2n) is 4.54. The Bertz CT molecular complexity index is 333. The lowest BCUT2D eigenvalue weighted by Gasteiger charge is -2.28. The number of halogens is 1. The molecule has 1 unspecified atom stereocenters. The molecule has 94 valence electrons. The Morgan fingerprint density at radius 1 is 1.24 bits per heavy atom. The molecule has 0 aromatic heterocycles. The first-order chi connectivity index (χ1) is 8.25. The van der Waals surface area contributed by atoms with E-state index in [4.69, 9.17) is 17.3 Å². The predicted molar refractivity (Wildman–Crippen MR) is 72.3 cm³/mol. The summed E-state index contributed by atoms with van der Waals surface area (Å²) in [4.78, 5) is 2.46. The van der Waals surface area contributed by atoms with E-state index in [-0.39, 0.29) is 6.04 Å². The van der Waals surface area contributed by atoms with Crippen LogP contribution in [0.15, 0.2) is 24.3 Å². The molecule has 0 saturated carbocycles. The monoisotopic (exact) mass is 253 g/mol. The van der Waals surface area contributed by atoms with Gasteiger partial charge < -0.3 is 16.0 Å². The third-order valence-corrected chi connectivity index (χ3v) is 3.52. The van der Waals surface area contributed by atoms with Crippen LogP contribution in [0.2, 0.25) is 5.02 Å². The fraction of sp³-hybridized carbons (Fsp3) is 0.538. The summed E-state index contributed by atoms with van der Waals surface area (Å²) in [5.41, 5.74) is 7.35. The Morgan fingerprint density at radius 2 is 1.88 bits per heavy atom. The molecule has 0 amide bonds. The summed E-state index contributed by atoms with van der Waals surface area (Å²) in [6.45, 7) is 5.53. The number of nitrogens with zero attached hydrogens (tertiary/aromatic N) is 1. The second kappa shape index (κ2) is 6.36. The first-order valence-corrected chi connectivity index (χ1v) is 6.57. The van der Waals surface area contributed by atoms with Crippen molar-refractivity contribution in [2.75, 3.05) is 32.7 Å². The average molecular weight is 254 g/mol. The summed E-state index contributed by atoms with van der Waals surface area (Å²) in [6.07, 6.45) is 1.00. The molecule has 17 heavy (non-hydrogen) atoms. The van der Waals surface area contributed by atoms with Gasteiger partial charge in [0.15, 0.2) is 0 Å². The summed E-state index contributed by atoms with van der Waals surface area (Å²) >= 11 is 5.86. The first kappa shape index (κ1) is 12.8. The lowest BCUT2D eigenvalue weighted by Crippen LogP contribution is -2.44. The molecule has 2 rings (SSSR count). The molecule has 1 aliphatic heterocycles. The molecule has 1 heterocycles. The second-order valence-corrected chi connectivity index (χ2v) is 4.97. The fourth-order valence-electron chi connectivity index (χ4n) is 2.13. The summed E-state index contributed by atoms with van der Waals surface area (Å²) in [6, 6.07) is 7.96. The maximum absolute atomic E-state index is 6.18. The molecule has 0 radical (unpaired) electrons. The maximum atomic E-state index is 6.18. The van der Waals surface area contributed by atoms with Crippen molar-refractivity contribution in [3.63, 3.8) is 0 Å². The van der Waals surface area contributed by atoms with Crippen LogP contribution in [0.5, 0.6) is 0 Å². The maximum Gasteiger partial charge on any atom is 0.0406 e. The van der Waals surface area contributed by atoms with Gasteiger partial charge in [-0.05, 0) is 24.1 Å². The number of piperazine rings is 1. The number of hydrogen-bond donors (Lipinski definition) is 2. The summed E-state index contributed by atoms with van der Waals surface area (Å²) in [5, 5.41) is 4.12. The van der Waals surface area contributed by atoms with Crippen LogP contribution in [0.4, 0.5) is 0 Å². The van der Waals surface area contributed by atoms with E-state index in [2.05, 4.69) is 10.2 Å². The van der Waals surface area contributed by atoms with Crippen molar-refractivity contribution < 1.29 is 0 Å². The SMILES string of the molecule is NC(CCN1CCNCC1)c1ccc(Cl)cc1. The minimum absolute atomic E-state index is 0.113. The van der Waals surface area contributed by atoms with Gasteiger partial charge in [-0.2, -0.15) is 0 Å². The molecule has 3 N–H and O–H groups in total. The van der Waals surface area contributed by atoms with Crippen LogP contribution in [0, 0.1) is 0 Å². The minimum atomic E-state index is 0.113. The van der Waals surface area contributed by atoms with Gasteiger partial charge in [0.2, 0.25) is 0 Å². The number of hydrogen-bond acceptors (Lipinski definition) is 3. The predicted octanol–water partition coefficient (Wildman–Crippen LogP) is 1.64. The van der Waals surface area contributed by atoms with Crippen LogP contribution >= 0.6 is 11.6 Å². The highest BCUT2D eigenvalue weighted by molar-refractivity contribution is 6.30. The molecular weight excluding hydrogens is 234 g/mol. The van der Waals surface area contributed by atoms with Crippen LogP contribution in [0.3, 0.4) is 0 Å². The topological polar surface area (TPSA) is 41.3 Å². The lowest BCUT2D eigenvalue weighted by atomic mass is 10.0. The number of nitrogens with one attached hydrogen (secondary N) is 1. The van der Waals surface area contributed by atoms with Crippen molar-refractivity contribution in [3.8, 4) is 0 Å². The van der Waals surface area contributed by atoms with Crippen LogP contribution < -0.4 is 11.1 Å². The van der Waals surface area contributed by atoms with E-state index in [0.29, 0.717) is 0 Å². The molecule has 4 heteroatoms. The average Bonchev–Trinajstić information content (AvgIpc) is 2.38. The van der Waals surface area contributed by atoms with Gasteiger partial charge in [-0.25, -0.2) is 0 Å². The summed E-state index contributed by atoms with van der Waals surface area (Å²) in [7, 11) is 0. The van der Waals surface area contributed by atoms with Gasteiger partial charge in [-0.1, -0.05) is 23.7 Å². The summed E-state index contributed by atoms with van der Waals surface area (Å²) in [5.74, 6) is 0. The van der Waals surface area contributed by atoms with Gasteiger partial charge >= 0.3 is 0 Å². The van der Waals surface area contributed by atoms with E-state index >= 15 is 0 Å². The van der Waals surface area contributed by atoms with Gasteiger partial charge in [-0.3, -0.25) is 0 Å². The normalized spacial score (nSPS) is 19.2. The van der Waals surface area contributed by atoms with Gasteiger partial charge in [0, 0.05) is 43.8 Å². The zero-order valence-electron chi connectivity index (χ0n) is 10.0. The van der Waals surface area contributed by atoms with E-state index in [9.17, 15) is 0 Å². The van der Waals surface area contributed by atoms with E-state index in [1.54, 1.807) is 0 Å². The zero-order chi connectivity index (χ0) is 12.1. The Labute approximate surface area is 108 Å². The molecular formula is C13H20ClN3. The van der Waals surface area contributed by atoms with E-state index in [0.717, 1.165) is 44.2 Å². The smallest absolute Gasteiger partial charge is 0.0406 e. The molecule has 1 aromatic rings. The fourth-order valence-corrected chi connectivity index (χ4v) is 2.26. The van der Waals surface area contributed by atoms with Crippen molar-refractivity contribution >= 4 is 11.6 Å². The highest BCUT2D eigenvalue weighted by Gasteiger charge is 2.12. The molecule has 1 aliphatic rings. The van der Waals surface area contributed by atoms with Crippen molar-refractivity contribution in [2.24, 2.45) is 5.73 Å². The van der Waals surface area contributed by atoms with Crippen LogP contribution in [0.1, 0.15) is 18.0 Å². The van der Waals surface area contributed by atoms with Gasteiger partial charge in [0.25, 0.3) is 0 Å². The van der Waals surface area contributed by atoms with E-state index in [1.807, 2.05) is 24.3 Å². The molecule has 0 aliphatic carbocycles. The Hall–Kier alpha value is -0.610. The Balaban J connectivity index is 1.80. The van der Waals surface area contributed by atoms with E-state index in [1.165, 1.54) is 5.56 Å². The Kier molecular flexibility index (Phi) is 4.80. The van der Waals surface area contributed by atoms with Crippen molar-refractivity contribution in [1.29, 1.82) is 0 Å². The molecule has 1 atom stereocenters. The number of nitrogens with two attached hydrogens (primary N) is 1. The van der Waals surface area contributed by atoms with Crippen molar-refractivity contribution in [2.45, 2.75) is 12.5 Å². The molecule has 1 aromatic carbocycles. The highest BCUT2D eigenvalue weighted by Crippen LogP contribution is 2.17. The lowest BCUT2D eigenvalue weighted by molar-refractivity contribution is 0.233. The van der Waals surface area contributed by atoms with E-state index < -0.39 is 0 Å². The van der Waals surface area contributed by atoms with Crippen LogP contribution in [-0.2, 0) is 0 Å². The first-order valence-electron chi connectivity index (χ1n) is 6.20. The third kappa shape index (κ3) is 3.96.